The molecule has 0 fully saturated rings. The van der Waals surface area contributed by atoms with Crippen LogP contribution in [0.15, 0.2) is 48.5 Å². The number of methoxy groups -OCH3 is 1. The van der Waals surface area contributed by atoms with Gasteiger partial charge in [-0.2, -0.15) is 0 Å². The monoisotopic (exact) mass is 400 g/mol. The number of likely N-dealkylation sites (N-methyl/N-ethyl adjacent to an activating group) is 1. The van der Waals surface area contributed by atoms with Gasteiger partial charge in [0.1, 0.15) is 17.2 Å². The van der Waals surface area contributed by atoms with E-state index < -0.39 is 0 Å². The maximum Gasteiger partial charge on any atom is 0.243 e. The van der Waals surface area contributed by atoms with E-state index in [2.05, 4.69) is 5.32 Å². The molecule has 156 valence electrons. The summed E-state index contributed by atoms with van der Waals surface area (Å²) in [6.07, 6.45) is 0.191. The molecule has 29 heavy (non-hydrogen) atoms. The summed E-state index contributed by atoms with van der Waals surface area (Å²) in [6.45, 7) is 5.04. The Hall–Kier alpha value is -3.22. The Morgan fingerprint density at radius 2 is 1.48 bits per heavy atom. The fourth-order valence-corrected chi connectivity index (χ4v) is 2.64. The first-order chi connectivity index (χ1) is 14.0. The number of carbonyl (C=O) groups excluding carboxylic acids is 2. The third-order valence-electron chi connectivity index (χ3n) is 4.16. The van der Waals surface area contributed by atoms with Crippen LogP contribution >= 0.6 is 0 Å². The van der Waals surface area contributed by atoms with Crippen molar-refractivity contribution >= 4 is 17.5 Å². The highest BCUT2D eigenvalue weighted by Crippen LogP contribution is 2.18. The number of amides is 2. The van der Waals surface area contributed by atoms with Crippen molar-refractivity contribution in [2.75, 3.05) is 38.7 Å². The Morgan fingerprint density at radius 3 is 2.03 bits per heavy atom. The first kappa shape index (κ1) is 22.1. The molecule has 0 atom stereocenters. The van der Waals surface area contributed by atoms with Gasteiger partial charge in [0, 0.05) is 12.2 Å². The Labute approximate surface area is 171 Å². The van der Waals surface area contributed by atoms with Gasteiger partial charge in [-0.05, 0) is 62.4 Å². The van der Waals surface area contributed by atoms with Crippen molar-refractivity contribution in [3.05, 3.63) is 48.5 Å². The van der Waals surface area contributed by atoms with Gasteiger partial charge in [0.05, 0.1) is 33.3 Å². The number of nitrogens with one attached hydrogen (secondary N) is 1. The maximum atomic E-state index is 12.4. The van der Waals surface area contributed by atoms with Gasteiger partial charge in [-0.15, -0.1) is 0 Å². The van der Waals surface area contributed by atoms with Crippen molar-refractivity contribution in [2.24, 2.45) is 0 Å². The summed E-state index contributed by atoms with van der Waals surface area (Å²) in [5.74, 6) is 1.76. The average molecular weight is 400 g/mol. The molecule has 2 aromatic carbocycles. The average Bonchev–Trinajstić information content (AvgIpc) is 2.74. The molecule has 2 aromatic rings. The summed E-state index contributed by atoms with van der Waals surface area (Å²) in [5, 5.41) is 2.78. The predicted molar refractivity (Wildman–Crippen MR) is 112 cm³/mol. The number of anilines is 1. The van der Waals surface area contributed by atoms with Crippen LogP contribution in [0.25, 0.3) is 0 Å². The molecular formula is C22H28N2O5. The maximum absolute atomic E-state index is 12.4. The second-order valence-corrected chi connectivity index (χ2v) is 6.19. The highest BCUT2D eigenvalue weighted by molar-refractivity contribution is 5.94. The van der Waals surface area contributed by atoms with Crippen molar-refractivity contribution in [2.45, 2.75) is 20.3 Å². The zero-order valence-corrected chi connectivity index (χ0v) is 17.1. The molecule has 0 unspecified atom stereocenters. The van der Waals surface area contributed by atoms with Crippen LogP contribution in [0.2, 0.25) is 0 Å². The lowest BCUT2D eigenvalue weighted by Crippen LogP contribution is -2.38. The number of rotatable bonds is 11. The number of hydrogen-bond acceptors (Lipinski definition) is 5. The lowest BCUT2D eigenvalue weighted by Gasteiger charge is -2.20. The van der Waals surface area contributed by atoms with Gasteiger partial charge in [0.15, 0.2) is 0 Å². The van der Waals surface area contributed by atoms with Crippen molar-refractivity contribution in [1.29, 1.82) is 0 Å². The number of benzene rings is 2. The predicted octanol–water partition coefficient (Wildman–Crippen LogP) is 3.35. The Balaban J connectivity index is 1.77. The summed E-state index contributed by atoms with van der Waals surface area (Å²) >= 11 is 0. The summed E-state index contributed by atoms with van der Waals surface area (Å²) in [6, 6.07) is 14.3. The van der Waals surface area contributed by atoms with Crippen molar-refractivity contribution in [3.63, 3.8) is 0 Å². The van der Waals surface area contributed by atoms with E-state index >= 15 is 0 Å². The van der Waals surface area contributed by atoms with Gasteiger partial charge in [-0.25, -0.2) is 0 Å². The molecule has 7 nitrogen and oxygen atoms in total. The van der Waals surface area contributed by atoms with E-state index in [0.29, 0.717) is 30.3 Å². The standard InChI is InChI=1S/C22H28N2O5/c1-4-24(16-21(25)23-17-6-8-18(27-3)9-7-17)22(26)14-15-29-20-12-10-19(11-13-20)28-5-2/h6-13H,4-5,14-16H2,1-3H3,(H,23,25). The Bertz CT molecular complexity index is 775. The van der Waals surface area contributed by atoms with Gasteiger partial charge in [-0.3, -0.25) is 9.59 Å². The highest BCUT2D eigenvalue weighted by Gasteiger charge is 2.16. The third kappa shape index (κ3) is 7.37. The topological polar surface area (TPSA) is 77.1 Å². The number of nitrogens with zero attached hydrogens (tertiary/aromatic N) is 1. The van der Waals surface area contributed by atoms with Crippen LogP contribution in [0.5, 0.6) is 17.2 Å². The van der Waals surface area contributed by atoms with Gasteiger partial charge in [0.2, 0.25) is 11.8 Å². The molecule has 1 N–H and O–H groups in total. The fraction of sp³-hybridized carbons (Fsp3) is 0.364. The van der Waals surface area contributed by atoms with Gasteiger partial charge in [0.25, 0.3) is 0 Å². The molecule has 7 heteroatoms. The summed E-state index contributed by atoms with van der Waals surface area (Å²) in [4.78, 5) is 26.1. The van der Waals surface area contributed by atoms with E-state index in [4.69, 9.17) is 14.2 Å². The minimum absolute atomic E-state index is 0.00951. The summed E-state index contributed by atoms with van der Waals surface area (Å²) in [5.41, 5.74) is 0.651. The van der Waals surface area contributed by atoms with Crippen LogP contribution < -0.4 is 19.5 Å². The molecule has 0 aliphatic carbocycles. The molecule has 0 radical (unpaired) electrons. The van der Waals surface area contributed by atoms with E-state index in [9.17, 15) is 9.59 Å². The third-order valence-corrected chi connectivity index (χ3v) is 4.16. The molecule has 0 saturated heterocycles. The van der Waals surface area contributed by atoms with Crippen molar-refractivity contribution in [3.8, 4) is 17.2 Å². The molecular weight excluding hydrogens is 372 g/mol. The second kappa shape index (κ2) is 11.6. The Morgan fingerprint density at radius 1 is 0.897 bits per heavy atom. The minimum Gasteiger partial charge on any atom is -0.497 e. The van der Waals surface area contributed by atoms with Gasteiger partial charge in [-0.1, -0.05) is 0 Å². The molecule has 0 heterocycles. The molecule has 0 bridgehead atoms. The normalized spacial score (nSPS) is 10.2. The van der Waals surface area contributed by atoms with Crippen molar-refractivity contribution in [1.82, 2.24) is 4.90 Å². The van der Waals surface area contributed by atoms with Gasteiger partial charge >= 0.3 is 0 Å². The zero-order chi connectivity index (χ0) is 21.1. The number of ether oxygens (including phenoxy) is 3. The largest absolute Gasteiger partial charge is 0.497 e. The SMILES string of the molecule is CCOc1ccc(OCCC(=O)N(CC)CC(=O)Nc2ccc(OC)cc2)cc1. The van der Waals surface area contributed by atoms with E-state index in [-0.39, 0.29) is 31.4 Å². The van der Waals surface area contributed by atoms with Crippen LogP contribution in [0, 0.1) is 0 Å². The fourth-order valence-electron chi connectivity index (χ4n) is 2.64. The molecule has 0 spiro atoms. The first-order valence-corrected chi connectivity index (χ1v) is 9.63. The number of hydrogen-bond donors (Lipinski definition) is 1. The van der Waals surface area contributed by atoms with Crippen LogP contribution in [0.3, 0.4) is 0 Å². The second-order valence-electron chi connectivity index (χ2n) is 6.19. The molecule has 2 amide bonds. The van der Waals surface area contributed by atoms with Crippen LogP contribution in [-0.2, 0) is 9.59 Å². The summed E-state index contributed by atoms with van der Waals surface area (Å²) < 4.78 is 16.1. The van der Waals surface area contributed by atoms with Crippen molar-refractivity contribution < 1.29 is 23.8 Å². The first-order valence-electron chi connectivity index (χ1n) is 9.63. The quantitative estimate of drug-likeness (QED) is 0.626. The lowest BCUT2D eigenvalue weighted by atomic mass is 10.3. The van der Waals surface area contributed by atoms with Crippen LogP contribution in [-0.4, -0.2) is 50.1 Å². The van der Waals surface area contributed by atoms with Crippen LogP contribution in [0.1, 0.15) is 20.3 Å². The van der Waals surface area contributed by atoms with E-state index in [1.165, 1.54) is 4.90 Å². The molecule has 0 saturated carbocycles. The number of carbonyl (C=O) groups is 2. The lowest BCUT2D eigenvalue weighted by molar-refractivity contribution is -0.134. The van der Waals surface area contributed by atoms with E-state index in [1.54, 1.807) is 43.5 Å². The molecule has 2 rings (SSSR count). The molecule has 0 aromatic heterocycles. The smallest absolute Gasteiger partial charge is 0.243 e. The summed E-state index contributed by atoms with van der Waals surface area (Å²) in [7, 11) is 1.58. The zero-order valence-electron chi connectivity index (χ0n) is 17.1. The van der Waals surface area contributed by atoms with E-state index in [0.717, 1.165) is 5.75 Å². The minimum atomic E-state index is -0.252. The highest BCUT2D eigenvalue weighted by atomic mass is 16.5. The molecule has 0 aliphatic rings. The molecule has 0 aliphatic heterocycles. The van der Waals surface area contributed by atoms with E-state index in [1.807, 2.05) is 26.0 Å². The van der Waals surface area contributed by atoms with Gasteiger partial charge < -0.3 is 24.4 Å². The Kier molecular flexibility index (Phi) is 8.82. The van der Waals surface area contributed by atoms with Crippen LogP contribution in [0.4, 0.5) is 5.69 Å².